The Morgan fingerprint density at radius 3 is 2.00 bits per heavy atom. The quantitative estimate of drug-likeness (QED) is 0.160. The van der Waals surface area contributed by atoms with Crippen molar-refractivity contribution in [3.8, 4) is 0 Å². The normalized spacial score (nSPS) is 13.0. The molecule has 0 heterocycles. The van der Waals surface area contributed by atoms with Crippen LogP contribution < -0.4 is 16.4 Å². The topological polar surface area (TPSA) is 132 Å². The number of hydrogen-bond donors (Lipinski definition) is 3. The van der Waals surface area contributed by atoms with Gasteiger partial charge in [0.1, 0.15) is 0 Å². The molecule has 2 atom stereocenters. The molecule has 12 heteroatoms. The summed E-state index contributed by atoms with van der Waals surface area (Å²) in [4.78, 5) is 36.9. The van der Waals surface area contributed by atoms with E-state index in [9.17, 15) is 14.4 Å². The molecule has 0 saturated carbocycles. The summed E-state index contributed by atoms with van der Waals surface area (Å²) in [6.07, 6.45) is 1.30. The highest BCUT2D eigenvalue weighted by molar-refractivity contribution is 5.85. The molecule has 10 nitrogen and oxygen atoms in total. The van der Waals surface area contributed by atoms with Crippen LogP contribution in [0.3, 0.4) is 0 Å². The van der Waals surface area contributed by atoms with Gasteiger partial charge in [0.15, 0.2) is 6.23 Å². The van der Waals surface area contributed by atoms with E-state index in [1.165, 1.54) is 18.9 Å². The molecule has 0 rings (SSSR count). The third-order valence-electron chi connectivity index (χ3n) is 3.97. The van der Waals surface area contributed by atoms with Gasteiger partial charge in [-0.15, -0.1) is 24.8 Å². The van der Waals surface area contributed by atoms with Gasteiger partial charge in [-0.2, -0.15) is 0 Å². The lowest BCUT2D eigenvalue weighted by molar-refractivity contribution is -0.163. The molecule has 0 aliphatic carbocycles. The summed E-state index contributed by atoms with van der Waals surface area (Å²) in [5.41, 5.74) is 6.17. The van der Waals surface area contributed by atoms with Crippen molar-refractivity contribution in [1.29, 1.82) is 0 Å². The first-order chi connectivity index (χ1) is 13.2. The lowest BCUT2D eigenvalue weighted by atomic mass is 10.3. The Bertz CT molecular complexity index is 497. The zero-order chi connectivity index (χ0) is 21.6. The first-order valence-corrected chi connectivity index (χ1v) is 9.71. The van der Waals surface area contributed by atoms with Gasteiger partial charge in [-0.3, -0.25) is 10.5 Å². The number of hydrogen-bond acceptors (Lipinski definition) is 8. The van der Waals surface area contributed by atoms with Gasteiger partial charge in [0.05, 0.1) is 13.5 Å². The predicted molar refractivity (Wildman–Crippen MR) is 119 cm³/mol. The minimum Gasteiger partial charge on any atom is -0.469 e. The average Bonchev–Trinajstić information content (AvgIpc) is 2.61. The number of methoxy groups -OCH3 is 1. The molecule has 0 spiro atoms. The highest BCUT2D eigenvalue weighted by Crippen LogP contribution is 2.17. The second-order valence-corrected chi connectivity index (χ2v) is 6.53. The summed E-state index contributed by atoms with van der Waals surface area (Å²) in [6.45, 7) is 8.05. The number of nitrogens with zero attached hydrogens (tertiary/aromatic N) is 1. The molecule has 180 valence electrons. The second kappa shape index (κ2) is 18.3. The molecule has 0 radical (unpaired) electrons. The molecule has 0 bridgehead atoms. The van der Waals surface area contributed by atoms with E-state index in [2.05, 4.69) is 15.4 Å². The molecule has 0 saturated heterocycles. The summed E-state index contributed by atoms with van der Waals surface area (Å²) in [7, 11) is 1.27. The largest absolute Gasteiger partial charge is 0.469 e. The van der Waals surface area contributed by atoms with Crippen molar-refractivity contribution in [2.24, 2.45) is 5.73 Å². The molecule has 30 heavy (non-hydrogen) atoms. The number of esters is 1. The number of halogens is 2. The number of carbonyl (C=O) groups is 3. The molecule has 0 aliphatic heterocycles. The maximum atomic E-state index is 12.0. The van der Waals surface area contributed by atoms with E-state index < -0.39 is 30.2 Å². The SMILES string of the molecule is CCCCNC(=O)OC(C)N(CCC(=O)OC)C(C)(N)OC(=O)NCCCC.Cl.Cl. The van der Waals surface area contributed by atoms with Crippen LogP contribution in [0, 0.1) is 0 Å². The number of alkyl carbamates (subject to hydrolysis) is 2. The van der Waals surface area contributed by atoms with Gasteiger partial charge in [0.25, 0.3) is 0 Å². The minimum absolute atomic E-state index is 0. The molecule has 0 aromatic heterocycles. The van der Waals surface area contributed by atoms with E-state index in [1.807, 2.05) is 13.8 Å². The molecule has 0 aromatic carbocycles. The lowest BCUT2D eigenvalue weighted by Crippen LogP contribution is -2.62. The first kappa shape index (κ1) is 33.2. The van der Waals surface area contributed by atoms with Crippen molar-refractivity contribution in [3.63, 3.8) is 0 Å². The standard InChI is InChI=1S/C18H36N4O6.2ClH/c1-6-8-11-20-16(24)27-14(3)22(13-10-15(23)26-5)18(4,19)28-17(25)21-12-9-7-2;;/h14H,6-13,19H2,1-5H3,(H,20,24)(H,21,25);2*1H. The van der Waals surface area contributed by atoms with Crippen LogP contribution in [0.2, 0.25) is 0 Å². The molecular formula is C18H38Cl2N4O6. The van der Waals surface area contributed by atoms with Gasteiger partial charge < -0.3 is 24.8 Å². The minimum atomic E-state index is -1.62. The van der Waals surface area contributed by atoms with Gasteiger partial charge >= 0.3 is 18.2 Å². The van der Waals surface area contributed by atoms with Gasteiger partial charge in [-0.1, -0.05) is 26.7 Å². The number of ether oxygens (including phenoxy) is 3. The van der Waals surface area contributed by atoms with Crippen LogP contribution in [0.25, 0.3) is 0 Å². The van der Waals surface area contributed by atoms with Crippen LogP contribution >= 0.6 is 24.8 Å². The van der Waals surface area contributed by atoms with Crippen LogP contribution in [-0.2, 0) is 19.0 Å². The van der Waals surface area contributed by atoms with Crippen LogP contribution in [0.1, 0.15) is 59.8 Å². The summed E-state index contributed by atoms with van der Waals surface area (Å²) < 4.78 is 15.3. The second-order valence-electron chi connectivity index (χ2n) is 6.53. The third-order valence-corrected chi connectivity index (χ3v) is 3.97. The summed E-state index contributed by atoms with van der Waals surface area (Å²) in [6, 6.07) is 0. The van der Waals surface area contributed by atoms with Crippen LogP contribution in [0.15, 0.2) is 0 Å². The number of rotatable bonds is 13. The fraction of sp³-hybridized carbons (Fsp3) is 0.833. The molecular weight excluding hydrogens is 439 g/mol. The first-order valence-electron chi connectivity index (χ1n) is 9.71. The van der Waals surface area contributed by atoms with Crippen molar-refractivity contribution in [2.45, 2.75) is 71.9 Å². The Morgan fingerprint density at radius 2 is 1.53 bits per heavy atom. The van der Waals surface area contributed by atoms with Gasteiger partial charge in [0, 0.05) is 26.6 Å². The zero-order valence-electron chi connectivity index (χ0n) is 18.5. The average molecular weight is 477 g/mol. The number of amides is 2. The van der Waals surface area contributed by atoms with E-state index in [-0.39, 0.29) is 37.8 Å². The summed E-state index contributed by atoms with van der Waals surface area (Å²) in [5.74, 6) is -2.08. The Balaban J connectivity index is -0.00000364. The van der Waals surface area contributed by atoms with E-state index in [0.717, 1.165) is 25.7 Å². The fourth-order valence-electron chi connectivity index (χ4n) is 2.36. The molecule has 2 amide bonds. The number of nitrogens with two attached hydrogens (primary N) is 1. The monoisotopic (exact) mass is 476 g/mol. The number of carbonyl (C=O) groups excluding carboxylic acids is 3. The van der Waals surface area contributed by atoms with Crippen LogP contribution in [0.5, 0.6) is 0 Å². The Kier molecular flexibility index (Phi) is 20.2. The highest BCUT2D eigenvalue weighted by atomic mass is 35.5. The maximum absolute atomic E-state index is 12.0. The highest BCUT2D eigenvalue weighted by Gasteiger charge is 2.37. The molecule has 0 fully saturated rings. The van der Waals surface area contributed by atoms with Crippen molar-refractivity contribution < 1.29 is 28.6 Å². The Hall–Kier alpha value is -1.49. The number of unbranched alkanes of at least 4 members (excludes halogenated alkanes) is 2. The van der Waals surface area contributed by atoms with E-state index in [1.54, 1.807) is 6.92 Å². The smallest absolute Gasteiger partial charge is 0.409 e. The molecule has 2 unspecified atom stereocenters. The van der Waals surface area contributed by atoms with Crippen molar-refractivity contribution in [2.75, 3.05) is 26.7 Å². The number of nitrogens with one attached hydrogen (secondary N) is 2. The maximum Gasteiger partial charge on any atom is 0.409 e. The Morgan fingerprint density at radius 1 is 1.03 bits per heavy atom. The fourth-order valence-corrected chi connectivity index (χ4v) is 2.36. The molecule has 0 aliphatic rings. The summed E-state index contributed by atoms with van der Waals surface area (Å²) in [5, 5.41) is 5.24. The Labute approximate surface area is 191 Å². The van der Waals surface area contributed by atoms with Gasteiger partial charge in [-0.25, -0.2) is 14.5 Å². The van der Waals surface area contributed by atoms with E-state index in [4.69, 9.17) is 15.2 Å². The van der Waals surface area contributed by atoms with Crippen molar-refractivity contribution >= 4 is 43.0 Å². The molecule has 0 aromatic rings. The van der Waals surface area contributed by atoms with E-state index >= 15 is 0 Å². The zero-order valence-corrected chi connectivity index (χ0v) is 20.2. The van der Waals surface area contributed by atoms with Crippen molar-refractivity contribution in [1.82, 2.24) is 15.5 Å². The molecule has 4 N–H and O–H groups in total. The van der Waals surface area contributed by atoms with Crippen LogP contribution in [0.4, 0.5) is 9.59 Å². The van der Waals surface area contributed by atoms with Gasteiger partial charge in [0.2, 0.25) is 5.85 Å². The van der Waals surface area contributed by atoms with Crippen molar-refractivity contribution in [3.05, 3.63) is 0 Å². The third kappa shape index (κ3) is 14.5. The predicted octanol–water partition coefficient (Wildman–Crippen LogP) is 2.73. The lowest BCUT2D eigenvalue weighted by Gasteiger charge is -2.39. The summed E-state index contributed by atoms with van der Waals surface area (Å²) >= 11 is 0. The van der Waals surface area contributed by atoms with E-state index in [0.29, 0.717) is 13.1 Å². The van der Waals surface area contributed by atoms with Crippen LogP contribution in [-0.4, -0.2) is 61.9 Å². The van der Waals surface area contributed by atoms with Gasteiger partial charge in [-0.05, 0) is 19.8 Å².